The number of hydrogen-bond acceptors (Lipinski definition) is 4. The topological polar surface area (TPSA) is 81.6 Å². The number of nitrogens with zero attached hydrogens (tertiary/aromatic N) is 1. The third-order valence-corrected chi connectivity index (χ3v) is 3.77. The van der Waals surface area contributed by atoms with Crippen LogP contribution in [0.15, 0.2) is 12.1 Å². The Labute approximate surface area is 110 Å². The molecule has 1 aromatic carbocycles. The van der Waals surface area contributed by atoms with E-state index in [9.17, 15) is 9.18 Å². The molecule has 102 valence electrons. The number of hydrogen-bond donors (Lipinski definition) is 2. The van der Waals surface area contributed by atoms with Crippen molar-refractivity contribution in [3.63, 3.8) is 0 Å². The standard InChI is InChI=1S/C13H16FN3O2/c14-10-4-11(15)9(13(16)18)3-12(10)17-5-7-1-2-8(6-17)19-7/h3-4,7-8H,1-2,5-6,15H2,(H2,16,18). The van der Waals surface area contributed by atoms with Gasteiger partial charge < -0.3 is 21.1 Å². The van der Waals surface area contributed by atoms with Gasteiger partial charge in [-0.1, -0.05) is 0 Å². The quantitative estimate of drug-likeness (QED) is 0.778. The average Bonchev–Trinajstić information content (AvgIpc) is 2.68. The van der Waals surface area contributed by atoms with Gasteiger partial charge in [-0.05, 0) is 25.0 Å². The smallest absolute Gasteiger partial charge is 0.250 e. The van der Waals surface area contributed by atoms with Crippen LogP contribution in [0.1, 0.15) is 23.2 Å². The minimum Gasteiger partial charge on any atom is -0.398 e. The molecular formula is C13H16FN3O2. The summed E-state index contributed by atoms with van der Waals surface area (Å²) >= 11 is 0. The Bertz CT molecular complexity index is 523. The number of anilines is 2. The molecule has 0 saturated carbocycles. The third kappa shape index (κ3) is 2.12. The van der Waals surface area contributed by atoms with Crippen LogP contribution in [-0.2, 0) is 4.74 Å². The number of nitrogen functional groups attached to an aromatic ring is 1. The van der Waals surface area contributed by atoms with E-state index >= 15 is 0 Å². The molecule has 6 heteroatoms. The molecule has 2 heterocycles. The van der Waals surface area contributed by atoms with Crippen molar-refractivity contribution in [3.05, 3.63) is 23.5 Å². The zero-order chi connectivity index (χ0) is 13.6. The second-order valence-corrected chi connectivity index (χ2v) is 5.12. The summed E-state index contributed by atoms with van der Waals surface area (Å²) in [5.74, 6) is -1.07. The molecule has 2 aliphatic heterocycles. The van der Waals surface area contributed by atoms with Crippen LogP contribution in [-0.4, -0.2) is 31.2 Å². The summed E-state index contributed by atoms with van der Waals surface area (Å²) < 4.78 is 19.7. The molecule has 1 amide bonds. The largest absolute Gasteiger partial charge is 0.398 e. The maximum atomic E-state index is 14.0. The number of ether oxygens (including phenoxy) is 1. The molecule has 2 fully saturated rings. The van der Waals surface area contributed by atoms with E-state index in [4.69, 9.17) is 16.2 Å². The number of benzene rings is 1. The second-order valence-electron chi connectivity index (χ2n) is 5.12. The molecule has 2 saturated heterocycles. The van der Waals surface area contributed by atoms with Gasteiger partial charge in [-0.15, -0.1) is 0 Å². The molecule has 0 spiro atoms. The lowest BCUT2D eigenvalue weighted by Gasteiger charge is -2.34. The van der Waals surface area contributed by atoms with E-state index in [0.717, 1.165) is 18.9 Å². The lowest BCUT2D eigenvalue weighted by Crippen LogP contribution is -2.43. The minimum atomic E-state index is -0.644. The Balaban J connectivity index is 1.96. The molecule has 1 aromatic rings. The molecule has 2 atom stereocenters. The highest BCUT2D eigenvalue weighted by atomic mass is 19.1. The summed E-state index contributed by atoms with van der Waals surface area (Å²) in [6, 6.07) is 2.60. The summed E-state index contributed by atoms with van der Waals surface area (Å²) in [5, 5.41) is 0. The average molecular weight is 265 g/mol. The van der Waals surface area contributed by atoms with Gasteiger partial charge in [0.05, 0.1) is 23.5 Å². The van der Waals surface area contributed by atoms with Crippen LogP contribution in [0, 0.1) is 5.82 Å². The molecule has 2 aliphatic rings. The zero-order valence-electron chi connectivity index (χ0n) is 10.4. The fourth-order valence-corrected chi connectivity index (χ4v) is 2.84. The van der Waals surface area contributed by atoms with Crippen LogP contribution >= 0.6 is 0 Å². The number of carbonyl (C=O) groups excluding carboxylic acids is 1. The highest BCUT2D eigenvalue weighted by molar-refractivity contribution is 5.99. The molecule has 19 heavy (non-hydrogen) atoms. The molecule has 2 bridgehead atoms. The fourth-order valence-electron chi connectivity index (χ4n) is 2.84. The molecule has 2 unspecified atom stereocenters. The van der Waals surface area contributed by atoms with Crippen molar-refractivity contribution in [1.82, 2.24) is 0 Å². The summed E-state index contributed by atoms with van der Waals surface area (Å²) in [4.78, 5) is 13.2. The fraction of sp³-hybridized carbons (Fsp3) is 0.462. The molecule has 0 radical (unpaired) electrons. The van der Waals surface area contributed by atoms with Crippen molar-refractivity contribution >= 4 is 17.3 Å². The summed E-state index contributed by atoms with van der Waals surface area (Å²) in [5.41, 5.74) is 11.5. The van der Waals surface area contributed by atoms with E-state index in [0.29, 0.717) is 18.8 Å². The van der Waals surface area contributed by atoms with Gasteiger partial charge in [0.2, 0.25) is 0 Å². The van der Waals surface area contributed by atoms with E-state index in [2.05, 4.69) is 0 Å². The Morgan fingerprint density at radius 3 is 2.53 bits per heavy atom. The van der Waals surface area contributed by atoms with Crippen LogP contribution in [0.4, 0.5) is 15.8 Å². The van der Waals surface area contributed by atoms with E-state index in [1.807, 2.05) is 4.90 Å². The summed E-state index contributed by atoms with van der Waals surface area (Å²) in [6.07, 6.45) is 2.29. The first kappa shape index (κ1) is 12.2. The van der Waals surface area contributed by atoms with Gasteiger partial charge in [0.1, 0.15) is 5.82 Å². The molecule has 4 N–H and O–H groups in total. The first-order valence-corrected chi connectivity index (χ1v) is 6.34. The third-order valence-electron chi connectivity index (χ3n) is 3.77. The number of amides is 1. The molecular weight excluding hydrogens is 249 g/mol. The maximum Gasteiger partial charge on any atom is 0.250 e. The predicted octanol–water partition coefficient (Wildman–Crippen LogP) is 0.874. The SMILES string of the molecule is NC(=O)c1cc(N2CC3CCC(C2)O3)c(F)cc1N. The number of morpholine rings is 1. The maximum absolute atomic E-state index is 14.0. The number of carbonyl (C=O) groups is 1. The number of primary amides is 1. The lowest BCUT2D eigenvalue weighted by atomic mass is 10.1. The predicted molar refractivity (Wildman–Crippen MR) is 69.4 cm³/mol. The highest BCUT2D eigenvalue weighted by Crippen LogP contribution is 2.32. The Hall–Kier alpha value is -1.82. The Morgan fingerprint density at radius 1 is 1.32 bits per heavy atom. The lowest BCUT2D eigenvalue weighted by molar-refractivity contribution is 0.0303. The van der Waals surface area contributed by atoms with Gasteiger partial charge >= 0.3 is 0 Å². The number of halogens is 1. The van der Waals surface area contributed by atoms with E-state index in [1.165, 1.54) is 6.07 Å². The highest BCUT2D eigenvalue weighted by Gasteiger charge is 2.34. The van der Waals surface area contributed by atoms with Crippen LogP contribution in [0.25, 0.3) is 0 Å². The van der Waals surface area contributed by atoms with Crippen LogP contribution < -0.4 is 16.4 Å². The van der Waals surface area contributed by atoms with E-state index in [1.54, 1.807) is 0 Å². The Kier molecular flexibility index (Phi) is 2.82. The normalized spacial score (nSPS) is 25.6. The zero-order valence-corrected chi connectivity index (χ0v) is 10.4. The van der Waals surface area contributed by atoms with Crippen molar-refractivity contribution in [2.24, 2.45) is 5.73 Å². The minimum absolute atomic E-state index is 0.0741. The summed E-state index contributed by atoms with van der Waals surface area (Å²) in [6.45, 7) is 1.27. The van der Waals surface area contributed by atoms with Crippen LogP contribution in [0.3, 0.4) is 0 Å². The van der Waals surface area contributed by atoms with E-state index in [-0.39, 0.29) is 23.5 Å². The van der Waals surface area contributed by atoms with Gasteiger partial charge in [-0.2, -0.15) is 0 Å². The van der Waals surface area contributed by atoms with Gasteiger partial charge in [0, 0.05) is 18.8 Å². The van der Waals surface area contributed by atoms with E-state index < -0.39 is 11.7 Å². The molecule has 0 aromatic heterocycles. The van der Waals surface area contributed by atoms with Crippen molar-refractivity contribution in [1.29, 1.82) is 0 Å². The molecule has 0 aliphatic carbocycles. The van der Waals surface area contributed by atoms with Gasteiger partial charge in [0.15, 0.2) is 0 Å². The van der Waals surface area contributed by atoms with Gasteiger partial charge in [0.25, 0.3) is 5.91 Å². The van der Waals surface area contributed by atoms with Crippen molar-refractivity contribution in [2.45, 2.75) is 25.0 Å². The van der Waals surface area contributed by atoms with Crippen molar-refractivity contribution in [2.75, 3.05) is 23.7 Å². The first-order valence-electron chi connectivity index (χ1n) is 6.34. The summed E-state index contributed by atoms with van der Waals surface area (Å²) in [7, 11) is 0. The molecule has 5 nitrogen and oxygen atoms in total. The van der Waals surface area contributed by atoms with Gasteiger partial charge in [-0.25, -0.2) is 4.39 Å². The Morgan fingerprint density at radius 2 is 1.95 bits per heavy atom. The monoisotopic (exact) mass is 265 g/mol. The number of rotatable bonds is 2. The van der Waals surface area contributed by atoms with Crippen LogP contribution in [0.5, 0.6) is 0 Å². The molecule has 3 rings (SSSR count). The van der Waals surface area contributed by atoms with Crippen molar-refractivity contribution in [3.8, 4) is 0 Å². The number of fused-ring (bicyclic) bond motifs is 2. The van der Waals surface area contributed by atoms with Gasteiger partial charge in [-0.3, -0.25) is 4.79 Å². The number of nitrogens with two attached hydrogens (primary N) is 2. The second kappa shape index (κ2) is 4.38. The van der Waals surface area contributed by atoms with Crippen LogP contribution in [0.2, 0.25) is 0 Å². The first-order chi connectivity index (χ1) is 9.04. The van der Waals surface area contributed by atoms with Crippen molar-refractivity contribution < 1.29 is 13.9 Å².